The molecule has 114 valence electrons. The number of carbonyl (C=O) groups is 2. The SMILES string of the molecule is CCC1(C(=O)O)CCN(C(=O)NCC2CCCCC2)C1. The molecule has 2 fully saturated rings. The zero-order valence-electron chi connectivity index (χ0n) is 12.4. The maximum absolute atomic E-state index is 12.1. The topological polar surface area (TPSA) is 69.6 Å². The zero-order chi connectivity index (χ0) is 14.6. The molecular weight excluding hydrogens is 256 g/mol. The number of rotatable bonds is 4. The van der Waals surface area contributed by atoms with Crippen molar-refractivity contribution in [2.75, 3.05) is 19.6 Å². The van der Waals surface area contributed by atoms with Gasteiger partial charge in [0, 0.05) is 19.6 Å². The Hall–Kier alpha value is -1.26. The largest absolute Gasteiger partial charge is 0.481 e. The van der Waals surface area contributed by atoms with Crippen molar-refractivity contribution in [3.8, 4) is 0 Å². The van der Waals surface area contributed by atoms with Crippen LogP contribution in [0.1, 0.15) is 51.9 Å². The highest BCUT2D eigenvalue weighted by molar-refractivity contribution is 5.79. The van der Waals surface area contributed by atoms with Crippen molar-refractivity contribution in [1.29, 1.82) is 0 Å². The van der Waals surface area contributed by atoms with Crippen molar-refractivity contribution in [3.63, 3.8) is 0 Å². The molecule has 2 rings (SSSR count). The molecule has 0 radical (unpaired) electrons. The van der Waals surface area contributed by atoms with Crippen LogP contribution in [0.25, 0.3) is 0 Å². The van der Waals surface area contributed by atoms with E-state index in [-0.39, 0.29) is 6.03 Å². The number of aliphatic carboxylic acids is 1. The molecule has 1 atom stereocenters. The van der Waals surface area contributed by atoms with Crippen LogP contribution < -0.4 is 5.32 Å². The molecule has 0 aromatic rings. The number of carbonyl (C=O) groups excluding carboxylic acids is 1. The van der Waals surface area contributed by atoms with Crippen molar-refractivity contribution in [2.45, 2.75) is 51.9 Å². The minimum absolute atomic E-state index is 0.0906. The standard InChI is InChI=1S/C15H26N2O3/c1-2-15(13(18)19)8-9-17(11-15)14(20)16-10-12-6-4-3-5-7-12/h12H,2-11H2,1H3,(H,16,20)(H,18,19). The second-order valence-electron chi connectivity index (χ2n) is 6.30. The predicted octanol–water partition coefficient (Wildman–Crippen LogP) is 2.46. The summed E-state index contributed by atoms with van der Waals surface area (Å²) < 4.78 is 0. The average molecular weight is 282 g/mol. The first kappa shape index (κ1) is 15.1. The van der Waals surface area contributed by atoms with E-state index in [0.29, 0.717) is 31.8 Å². The number of nitrogens with zero attached hydrogens (tertiary/aromatic N) is 1. The molecule has 1 unspecified atom stereocenters. The molecule has 5 heteroatoms. The molecule has 0 aromatic carbocycles. The Morgan fingerprint density at radius 3 is 2.55 bits per heavy atom. The number of hydrogen-bond donors (Lipinski definition) is 2. The number of nitrogens with one attached hydrogen (secondary N) is 1. The summed E-state index contributed by atoms with van der Waals surface area (Å²) in [4.78, 5) is 25.2. The van der Waals surface area contributed by atoms with Crippen LogP contribution in [0.15, 0.2) is 0 Å². The molecule has 0 spiro atoms. The van der Waals surface area contributed by atoms with Crippen molar-refractivity contribution in [1.82, 2.24) is 10.2 Å². The van der Waals surface area contributed by atoms with Crippen LogP contribution in [0.4, 0.5) is 4.79 Å². The molecular formula is C15H26N2O3. The van der Waals surface area contributed by atoms with Crippen LogP contribution in [0.2, 0.25) is 0 Å². The first-order valence-corrected chi connectivity index (χ1v) is 7.83. The first-order valence-electron chi connectivity index (χ1n) is 7.83. The Bertz CT molecular complexity index is 366. The van der Waals surface area contributed by atoms with Crippen LogP contribution in [0, 0.1) is 11.3 Å². The van der Waals surface area contributed by atoms with Gasteiger partial charge in [-0.25, -0.2) is 4.79 Å². The predicted molar refractivity (Wildman–Crippen MR) is 76.5 cm³/mol. The molecule has 2 N–H and O–H groups in total. The fourth-order valence-electron chi connectivity index (χ4n) is 3.39. The summed E-state index contributed by atoms with van der Waals surface area (Å²) in [6, 6.07) is -0.0906. The number of carboxylic acids is 1. The smallest absolute Gasteiger partial charge is 0.317 e. The molecule has 2 aliphatic rings. The Morgan fingerprint density at radius 1 is 1.30 bits per heavy atom. The number of hydrogen-bond acceptors (Lipinski definition) is 2. The van der Waals surface area contributed by atoms with Crippen LogP contribution in [-0.4, -0.2) is 41.6 Å². The van der Waals surface area contributed by atoms with Crippen LogP contribution in [0.3, 0.4) is 0 Å². The van der Waals surface area contributed by atoms with E-state index in [4.69, 9.17) is 0 Å². The van der Waals surface area contributed by atoms with E-state index in [9.17, 15) is 14.7 Å². The van der Waals surface area contributed by atoms with Gasteiger partial charge < -0.3 is 15.3 Å². The maximum Gasteiger partial charge on any atom is 0.317 e. The van der Waals surface area contributed by atoms with E-state index < -0.39 is 11.4 Å². The fourth-order valence-corrected chi connectivity index (χ4v) is 3.39. The number of carboxylic acid groups (broad SMARTS) is 1. The summed E-state index contributed by atoms with van der Waals surface area (Å²) in [7, 11) is 0. The Balaban J connectivity index is 1.80. The van der Waals surface area contributed by atoms with Crippen LogP contribution in [0.5, 0.6) is 0 Å². The lowest BCUT2D eigenvalue weighted by Crippen LogP contribution is -2.43. The van der Waals surface area contributed by atoms with E-state index in [1.165, 1.54) is 32.1 Å². The van der Waals surface area contributed by atoms with Gasteiger partial charge in [-0.1, -0.05) is 26.2 Å². The Kier molecular flexibility index (Phi) is 4.89. The summed E-state index contributed by atoms with van der Waals surface area (Å²) in [5, 5.41) is 12.3. The van der Waals surface area contributed by atoms with Gasteiger partial charge in [-0.05, 0) is 31.6 Å². The number of likely N-dealkylation sites (tertiary alicyclic amines) is 1. The van der Waals surface area contributed by atoms with Crippen molar-refractivity contribution in [2.24, 2.45) is 11.3 Å². The highest BCUT2D eigenvalue weighted by Gasteiger charge is 2.44. The molecule has 1 aliphatic heterocycles. The van der Waals surface area contributed by atoms with E-state index >= 15 is 0 Å². The highest BCUT2D eigenvalue weighted by Crippen LogP contribution is 2.34. The molecule has 0 aromatic heterocycles. The second kappa shape index (κ2) is 6.46. The number of amides is 2. The minimum Gasteiger partial charge on any atom is -0.481 e. The van der Waals surface area contributed by atoms with Gasteiger partial charge in [0.2, 0.25) is 0 Å². The van der Waals surface area contributed by atoms with E-state index in [2.05, 4.69) is 5.32 Å². The van der Waals surface area contributed by atoms with Gasteiger partial charge in [-0.2, -0.15) is 0 Å². The van der Waals surface area contributed by atoms with Gasteiger partial charge in [0.1, 0.15) is 0 Å². The highest BCUT2D eigenvalue weighted by atomic mass is 16.4. The molecule has 1 saturated heterocycles. The zero-order valence-corrected chi connectivity index (χ0v) is 12.4. The maximum atomic E-state index is 12.1. The average Bonchev–Trinajstić information content (AvgIpc) is 2.92. The third-order valence-electron chi connectivity index (χ3n) is 5.04. The van der Waals surface area contributed by atoms with E-state index in [1.807, 2.05) is 6.92 Å². The van der Waals surface area contributed by atoms with Crippen LogP contribution >= 0.6 is 0 Å². The summed E-state index contributed by atoms with van der Waals surface area (Å²) in [5.41, 5.74) is -0.734. The van der Waals surface area contributed by atoms with Crippen molar-refractivity contribution >= 4 is 12.0 Å². The molecule has 1 saturated carbocycles. The quantitative estimate of drug-likeness (QED) is 0.832. The molecule has 1 heterocycles. The van der Waals surface area contributed by atoms with Crippen LogP contribution in [-0.2, 0) is 4.79 Å². The van der Waals surface area contributed by atoms with Gasteiger partial charge >= 0.3 is 12.0 Å². The van der Waals surface area contributed by atoms with E-state index in [0.717, 1.165) is 6.54 Å². The van der Waals surface area contributed by atoms with Gasteiger partial charge in [-0.3, -0.25) is 4.79 Å². The summed E-state index contributed by atoms with van der Waals surface area (Å²) in [5.74, 6) is -0.173. The summed E-state index contributed by atoms with van der Waals surface area (Å²) in [6.07, 6.45) is 7.39. The molecule has 0 bridgehead atoms. The Labute approximate surface area is 120 Å². The lowest BCUT2D eigenvalue weighted by atomic mass is 9.84. The monoisotopic (exact) mass is 282 g/mol. The van der Waals surface area contributed by atoms with Gasteiger partial charge in [0.15, 0.2) is 0 Å². The van der Waals surface area contributed by atoms with E-state index in [1.54, 1.807) is 4.90 Å². The molecule has 5 nitrogen and oxygen atoms in total. The molecule has 1 aliphatic carbocycles. The van der Waals surface area contributed by atoms with Gasteiger partial charge in [0.25, 0.3) is 0 Å². The van der Waals surface area contributed by atoms with Gasteiger partial charge in [0.05, 0.1) is 5.41 Å². The first-order chi connectivity index (χ1) is 9.57. The third-order valence-corrected chi connectivity index (χ3v) is 5.04. The lowest BCUT2D eigenvalue weighted by Gasteiger charge is -2.25. The summed E-state index contributed by atoms with van der Waals surface area (Å²) in [6.45, 7) is 3.52. The third kappa shape index (κ3) is 3.25. The van der Waals surface area contributed by atoms with Gasteiger partial charge in [-0.15, -0.1) is 0 Å². The lowest BCUT2D eigenvalue weighted by molar-refractivity contribution is -0.148. The second-order valence-corrected chi connectivity index (χ2v) is 6.30. The van der Waals surface area contributed by atoms with Crippen molar-refractivity contribution in [3.05, 3.63) is 0 Å². The fraction of sp³-hybridized carbons (Fsp3) is 0.867. The Morgan fingerprint density at radius 2 is 2.00 bits per heavy atom. The van der Waals surface area contributed by atoms with Crippen molar-refractivity contribution < 1.29 is 14.7 Å². The molecule has 20 heavy (non-hydrogen) atoms. The summed E-state index contributed by atoms with van der Waals surface area (Å²) >= 11 is 0. The molecule has 2 amide bonds. The number of urea groups is 1. The normalized spacial score (nSPS) is 27.6. The minimum atomic E-state index is -0.775.